The van der Waals surface area contributed by atoms with E-state index in [0.717, 1.165) is 10.5 Å². The second-order valence-corrected chi connectivity index (χ2v) is 10.9. The van der Waals surface area contributed by atoms with Crippen molar-refractivity contribution in [1.82, 2.24) is 0 Å². The summed E-state index contributed by atoms with van der Waals surface area (Å²) in [5, 5.41) is 6.23. The van der Waals surface area contributed by atoms with Gasteiger partial charge in [0, 0.05) is 32.7 Å². The van der Waals surface area contributed by atoms with Crippen molar-refractivity contribution in [3.05, 3.63) is 88.4 Å². The molecular formula is C26H26Cl2N2O2S. The van der Waals surface area contributed by atoms with Crippen LogP contribution in [0.5, 0.6) is 0 Å². The van der Waals surface area contributed by atoms with Crippen LogP contribution in [0.4, 0.5) is 11.4 Å². The maximum absolute atomic E-state index is 13.3. The molecule has 4 nitrogen and oxygen atoms in total. The maximum atomic E-state index is 13.3. The molecule has 0 heterocycles. The molecule has 172 valence electrons. The smallest absolute Gasteiger partial charge is 0.242 e. The van der Waals surface area contributed by atoms with Crippen LogP contribution < -0.4 is 10.6 Å². The molecule has 33 heavy (non-hydrogen) atoms. The Hall–Kier alpha value is -2.47. The average Bonchev–Trinajstić information content (AvgIpc) is 2.70. The van der Waals surface area contributed by atoms with Gasteiger partial charge in [-0.1, -0.05) is 80.4 Å². The molecule has 2 amide bonds. The number of hydrogen-bond donors (Lipinski definition) is 2. The van der Waals surface area contributed by atoms with Crippen LogP contribution in [0.25, 0.3) is 0 Å². The number of rotatable bonds is 7. The summed E-state index contributed by atoms with van der Waals surface area (Å²) in [5.41, 5.74) is 1.98. The third kappa shape index (κ3) is 8.11. The van der Waals surface area contributed by atoms with Crippen LogP contribution in [0, 0.1) is 5.41 Å². The van der Waals surface area contributed by atoms with Crippen LogP contribution in [-0.4, -0.2) is 11.8 Å². The number of carbonyl (C=O) groups is 2. The largest absolute Gasteiger partial charge is 0.326 e. The number of nitrogens with one attached hydrogen (secondary N) is 2. The maximum Gasteiger partial charge on any atom is 0.242 e. The molecule has 0 bridgehead atoms. The van der Waals surface area contributed by atoms with E-state index < -0.39 is 5.25 Å². The van der Waals surface area contributed by atoms with Crippen molar-refractivity contribution in [3.63, 3.8) is 0 Å². The molecule has 2 N–H and O–H groups in total. The Morgan fingerprint density at radius 1 is 0.848 bits per heavy atom. The average molecular weight is 501 g/mol. The molecule has 0 saturated carbocycles. The fraction of sp³-hybridized carbons (Fsp3) is 0.231. The zero-order chi connectivity index (χ0) is 24.0. The van der Waals surface area contributed by atoms with Crippen molar-refractivity contribution in [1.29, 1.82) is 0 Å². The van der Waals surface area contributed by atoms with E-state index in [1.54, 1.807) is 18.2 Å². The molecule has 0 radical (unpaired) electrons. The third-order valence-corrected chi connectivity index (χ3v) is 6.22. The van der Waals surface area contributed by atoms with E-state index in [1.807, 2.05) is 75.4 Å². The molecule has 1 unspecified atom stereocenters. The predicted molar refractivity (Wildman–Crippen MR) is 139 cm³/mol. The first-order chi connectivity index (χ1) is 15.6. The van der Waals surface area contributed by atoms with Crippen LogP contribution in [0.3, 0.4) is 0 Å². The topological polar surface area (TPSA) is 58.2 Å². The lowest BCUT2D eigenvalue weighted by Crippen LogP contribution is -2.20. The molecule has 0 spiro atoms. The van der Waals surface area contributed by atoms with Gasteiger partial charge in [0.25, 0.3) is 0 Å². The molecule has 1 atom stereocenters. The summed E-state index contributed by atoms with van der Waals surface area (Å²) in [4.78, 5) is 26.5. The van der Waals surface area contributed by atoms with Gasteiger partial charge >= 0.3 is 0 Å². The molecule has 7 heteroatoms. The van der Waals surface area contributed by atoms with Gasteiger partial charge in [0.1, 0.15) is 5.25 Å². The van der Waals surface area contributed by atoms with Crippen LogP contribution in [0.15, 0.2) is 77.7 Å². The van der Waals surface area contributed by atoms with Gasteiger partial charge in [0.2, 0.25) is 11.8 Å². The van der Waals surface area contributed by atoms with Gasteiger partial charge < -0.3 is 10.6 Å². The second kappa shape index (κ2) is 11.1. The van der Waals surface area contributed by atoms with Crippen molar-refractivity contribution in [2.75, 3.05) is 10.6 Å². The van der Waals surface area contributed by atoms with Gasteiger partial charge in [-0.3, -0.25) is 9.59 Å². The van der Waals surface area contributed by atoms with Gasteiger partial charge in [-0.2, -0.15) is 0 Å². The monoisotopic (exact) mass is 500 g/mol. The molecule has 3 aromatic rings. The number of benzene rings is 3. The quantitative estimate of drug-likeness (QED) is 0.324. The fourth-order valence-electron chi connectivity index (χ4n) is 3.20. The van der Waals surface area contributed by atoms with Gasteiger partial charge in [0.15, 0.2) is 0 Å². The van der Waals surface area contributed by atoms with E-state index in [4.69, 9.17) is 23.2 Å². The number of thioether (sulfide) groups is 1. The summed E-state index contributed by atoms with van der Waals surface area (Å²) in [6.45, 7) is 6.07. The highest BCUT2D eigenvalue weighted by atomic mass is 35.5. The minimum atomic E-state index is -0.524. The van der Waals surface area contributed by atoms with E-state index in [9.17, 15) is 9.59 Å². The standard InChI is InChI=1S/C26H26Cl2N2O2S/c1-26(2,3)16-23(31)29-20-10-7-11-22(15-20)33-24(17-8-5-4-6-9-17)25(32)30-21-13-18(27)12-19(28)14-21/h4-15,24H,16H2,1-3H3,(H,29,31)(H,30,32). The van der Waals surface area contributed by atoms with E-state index >= 15 is 0 Å². The molecule has 0 aliphatic rings. The molecule has 0 aliphatic heterocycles. The number of hydrogen-bond acceptors (Lipinski definition) is 3. The fourth-order valence-corrected chi connectivity index (χ4v) is 4.81. The van der Waals surface area contributed by atoms with Crippen LogP contribution in [-0.2, 0) is 9.59 Å². The summed E-state index contributed by atoms with van der Waals surface area (Å²) in [6, 6.07) is 22.0. The lowest BCUT2D eigenvalue weighted by molar-refractivity contribution is -0.118. The molecule has 0 aliphatic carbocycles. The van der Waals surface area contributed by atoms with Gasteiger partial charge in [-0.25, -0.2) is 0 Å². The molecule has 3 rings (SSSR count). The Morgan fingerprint density at radius 3 is 2.15 bits per heavy atom. The molecule has 3 aromatic carbocycles. The Bertz CT molecular complexity index is 1110. The number of amides is 2. The first-order valence-corrected chi connectivity index (χ1v) is 12.1. The molecule has 0 aromatic heterocycles. The van der Waals surface area contributed by atoms with E-state index in [0.29, 0.717) is 27.8 Å². The van der Waals surface area contributed by atoms with Crippen molar-refractivity contribution in [3.8, 4) is 0 Å². The van der Waals surface area contributed by atoms with Gasteiger partial charge in [-0.15, -0.1) is 11.8 Å². The Labute approximate surface area is 209 Å². The Kier molecular flexibility index (Phi) is 8.46. The van der Waals surface area contributed by atoms with Crippen LogP contribution in [0.1, 0.15) is 38.0 Å². The number of anilines is 2. The number of halogens is 2. The molecule has 0 saturated heterocycles. The number of carbonyl (C=O) groups excluding carboxylic acids is 2. The van der Waals surface area contributed by atoms with Crippen molar-refractivity contribution >= 4 is 58.2 Å². The zero-order valence-electron chi connectivity index (χ0n) is 18.7. The SMILES string of the molecule is CC(C)(C)CC(=O)Nc1cccc(SC(C(=O)Nc2cc(Cl)cc(Cl)c2)c2ccccc2)c1. The summed E-state index contributed by atoms with van der Waals surface area (Å²) in [7, 11) is 0. The highest BCUT2D eigenvalue weighted by Crippen LogP contribution is 2.37. The van der Waals surface area contributed by atoms with E-state index in [1.165, 1.54) is 11.8 Å². The molecule has 0 fully saturated rings. The first-order valence-electron chi connectivity index (χ1n) is 10.5. The van der Waals surface area contributed by atoms with Crippen molar-refractivity contribution < 1.29 is 9.59 Å². The minimum absolute atomic E-state index is 0.0418. The zero-order valence-corrected chi connectivity index (χ0v) is 21.0. The Balaban J connectivity index is 1.81. The van der Waals surface area contributed by atoms with Gasteiger partial charge in [-0.05, 0) is 47.4 Å². The van der Waals surface area contributed by atoms with Crippen molar-refractivity contribution in [2.24, 2.45) is 5.41 Å². The Morgan fingerprint density at radius 2 is 1.52 bits per heavy atom. The normalized spacial score (nSPS) is 12.2. The van der Waals surface area contributed by atoms with Crippen LogP contribution in [0.2, 0.25) is 10.0 Å². The summed E-state index contributed by atoms with van der Waals surface area (Å²) in [6.07, 6.45) is 0.418. The molecular weight excluding hydrogens is 475 g/mol. The highest BCUT2D eigenvalue weighted by molar-refractivity contribution is 8.00. The van der Waals surface area contributed by atoms with E-state index in [-0.39, 0.29) is 17.2 Å². The summed E-state index contributed by atoms with van der Waals surface area (Å²) in [5.74, 6) is -0.244. The van der Waals surface area contributed by atoms with E-state index in [2.05, 4.69) is 10.6 Å². The second-order valence-electron chi connectivity index (χ2n) is 8.87. The summed E-state index contributed by atoms with van der Waals surface area (Å²) >= 11 is 13.6. The lowest BCUT2D eigenvalue weighted by Gasteiger charge is -2.19. The first kappa shape index (κ1) is 25.2. The summed E-state index contributed by atoms with van der Waals surface area (Å²) < 4.78 is 0. The van der Waals surface area contributed by atoms with Gasteiger partial charge in [0.05, 0.1) is 0 Å². The van der Waals surface area contributed by atoms with Crippen molar-refractivity contribution in [2.45, 2.75) is 37.3 Å². The highest BCUT2D eigenvalue weighted by Gasteiger charge is 2.23. The minimum Gasteiger partial charge on any atom is -0.326 e. The lowest BCUT2D eigenvalue weighted by atomic mass is 9.92. The predicted octanol–water partition coefficient (Wildman–Crippen LogP) is 7.84. The third-order valence-electron chi connectivity index (χ3n) is 4.53. The van der Waals surface area contributed by atoms with Crippen LogP contribution >= 0.6 is 35.0 Å².